The van der Waals surface area contributed by atoms with E-state index < -0.39 is 35.0 Å². The van der Waals surface area contributed by atoms with Crippen molar-refractivity contribution in [1.82, 2.24) is 0 Å². The minimum Gasteiger partial charge on any atom is -0.240 e. The normalized spacial score (nSPS) is 57.4. The Hall–Kier alpha value is -0.420. The molecule has 1 aliphatic carbocycles. The van der Waals surface area contributed by atoms with Crippen molar-refractivity contribution in [1.29, 1.82) is 0 Å². The van der Waals surface area contributed by atoms with E-state index in [0.29, 0.717) is 13.8 Å². The van der Waals surface area contributed by atoms with Gasteiger partial charge in [-0.15, -0.1) is 0 Å². The van der Waals surface area contributed by atoms with Gasteiger partial charge >= 0.3 is 5.92 Å². The molecule has 1 aliphatic rings. The van der Waals surface area contributed by atoms with Gasteiger partial charge < -0.3 is 0 Å². The SMILES string of the molecule is CC1(F)CC(C)(F)C(C)(F)C(F)(F)C1(C)F. The number of hydrogen-bond donors (Lipinski definition) is 0. The van der Waals surface area contributed by atoms with Gasteiger partial charge in [0.25, 0.3) is 0 Å². The zero-order valence-electron chi connectivity index (χ0n) is 9.47. The Bertz CT molecular complexity index is 274. The van der Waals surface area contributed by atoms with Gasteiger partial charge in [-0.25, -0.2) is 17.6 Å². The molecule has 6 heteroatoms. The summed E-state index contributed by atoms with van der Waals surface area (Å²) in [7, 11) is 0. The summed E-state index contributed by atoms with van der Waals surface area (Å²) in [4.78, 5) is 0. The van der Waals surface area contributed by atoms with E-state index in [1.54, 1.807) is 0 Å². The lowest BCUT2D eigenvalue weighted by atomic mass is 9.61. The number of alkyl halides is 6. The van der Waals surface area contributed by atoms with Crippen LogP contribution in [0.2, 0.25) is 0 Å². The lowest BCUT2D eigenvalue weighted by Gasteiger charge is -2.54. The Morgan fingerprint density at radius 2 is 0.875 bits per heavy atom. The van der Waals surface area contributed by atoms with Crippen LogP contribution in [0.1, 0.15) is 34.1 Å². The minimum absolute atomic E-state index is 0.264. The maximum atomic E-state index is 13.7. The van der Waals surface area contributed by atoms with Crippen molar-refractivity contribution in [3.63, 3.8) is 0 Å². The molecule has 0 bridgehead atoms. The van der Waals surface area contributed by atoms with E-state index >= 15 is 0 Å². The summed E-state index contributed by atoms with van der Waals surface area (Å²) in [6.45, 7) is 1.57. The molecule has 0 aromatic carbocycles. The number of rotatable bonds is 0. The fourth-order valence-electron chi connectivity index (χ4n) is 2.05. The maximum absolute atomic E-state index is 13.7. The summed E-state index contributed by atoms with van der Waals surface area (Å²) < 4.78 is 82.0. The molecule has 1 saturated carbocycles. The molecule has 0 heterocycles. The summed E-state index contributed by atoms with van der Waals surface area (Å²) in [6.07, 6.45) is -1.25. The predicted molar refractivity (Wildman–Crippen MR) is 47.6 cm³/mol. The Morgan fingerprint density at radius 3 is 1.12 bits per heavy atom. The second-order valence-electron chi connectivity index (χ2n) is 5.15. The largest absolute Gasteiger partial charge is 0.320 e. The average molecular weight is 248 g/mol. The van der Waals surface area contributed by atoms with Gasteiger partial charge in [-0.3, -0.25) is 0 Å². The third-order valence-electron chi connectivity index (χ3n) is 3.80. The molecule has 0 aromatic heterocycles. The highest BCUT2D eigenvalue weighted by molar-refractivity contribution is 5.23. The lowest BCUT2D eigenvalue weighted by Crippen LogP contribution is -2.75. The molecule has 0 N–H and O–H groups in total. The van der Waals surface area contributed by atoms with Crippen molar-refractivity contribution in [2.24, 2.45) is 0 Å². The molecule has 1 rings (SSSR count). The van der Waals surface area contributed by atoms with E-state index in [1.165, 1.54) is 0 Å². The predicted octanol–water partition coefficient (Wildman–Crippen LogP) is 3.94. The molecule has 0 amide bonds. The molecule has 0 nitrogen and oxygen atoms in total. The third-order valence-corrected chi connectivity index (χ3v) is 3.80. The highest BCUT2D eigenvalue weighted by atomic mass is 19.3. The third kappa shape index (κ3) is 1.24. The maximum Gasteiger partial charge on any atom is 0.320 e. The van der Waals surface area contributed by atoms with Crippen LogP contribution < -0.4 is 0 Å². The summed E-state index contributed by atoms with van der Waals surface area (Å²) in [5.41, 5.74) is -13.8. The number of halogens is 6. The van der Waals surface area contributed by atoms with Gasteiger partial charge in [-0.2, -0.15) is 8.78 Å². The van der Waals surface area contributed by atoms with Crippen LogP contribution >= 0.6 is 0 Å². The van der Waals surface area contributed by atoms with Crippen LogP contribution in [0.3, 0.4) is 0 Å². The van der Waals surface area contributed by atoms with E-state index in [0.717, 1.165) is 0 Å². The van der Waals surface area contributed by atoms with Gasteiger partial charge in [0.1, 0.15) is 0 Å². The first-order valence-electron chi connectivity index (χ1n) is 4.84. The summed E-state index contributed by atoms with van der Waals surface area (Å²) in [6, 6.07) is 0. The second-order valence-corrected chi connectivity index (χ2v) is 5.15. The molecule has 0 saturated heterocycles. The second kappa shape index (κ2) is 2.88. The summed E-state index contributed by atoms with van der Waals surface area (Å²) >= 11 is 0. The fourth-order valence-corrected chi connectivity index (χ4v) is 2.05. The van der Waals surface area contributed by atoms with Crippen molar-refractivity contribution in [2.75, 3.05) is 0 Å². The van der Waals surface area contributed by atoms with Crippen molar-refractivity contribution >= 4 is 0 Å². The molecule has 16 heavy (non-hydrogen) atoms. The zero-order valence-corrected chi connectivity index (χ0v) is 9.47. The molecule has 0 spiro atoms. The van der Waals surface area contributed by atoms with Crippen LogP contribution in [-0.2, 0) is 0 Å². The van der Waals surface area contributed by atoms with Crippen molar-refractivity contribution in [3.8, 4) is 0 Å². The van der Waals surface area contributed by atoms with E-state index in [-0.39, 0.29) is 13.8 Å². The highest BCUT2D eigenvalue weighted by Crippen LogP contribution is 2.61. The molecule has 4 unspecified atom stereocenters. The molecule has 96 valence electrons. The van der Waals surface area contributed by atoms with Crippen LogP contribution in [-0.4, -0.2) is 28.6 Å². The van der Waals surface area contributed by atoms with Crippen molar-refractivity contribution in [3.05, 3.63) is 0 Å². The van der Waals surface area contributed by atoms with Gasteiger partial charge in [0.2, 0.25) is 11.3 Å². The highest BCUT2D eigenvalue weighted by Gasteiger charge is 2.81. The Morgan fingerprint density at radius 1 is 0.625 bits per heavy atom. The first kappa shape index (κ1) is 13.6. The first-order chi connectivity index (χ1) is 6.71. The van der Waals surface area contributed by atoms with Crippen LogP contribution in [0, 0.1) is 0 Å². The van der Waals surface area contributed by atoms with E-state index in [2.05, 4.69) is 0 Å². The van der Waals surface area contributed by atoms with Crippen LogP contribution in [0.15, 0.2) is 0 Å². The van der Waals surface area contributed by atoms with Crippen LogP contribution in [0.4, 0.5) is 26.3 Å². The van der Waals surface area contributed by atoms with Gasteiger partial charge in [0.05, 0.1) is 0 Å². The standard InChI is InChI=1S/C10H14F6/c1-6(11)5-7(2,12)9(4,14)10(15,16)8(6,3)13/h5H2,1-4H3. The molecule has 0 aliphatic heterocycles. The topological polar surface area (TPSA) is 0 Å². The molecular weight excluding hydrogens is 234 g/mol. The molecular formula is C10H14F6. The smallest absolute Gasteiger partial charge is 0.240 e. The monoisotopic (exact) mass is 248 g/mol. The van der Waals surface area contributed by atoms with E-state index in [4.69, 9.17) is 0 Å². The van der Waals surface area contributed by atoms with Crippen LogP contribution in [0.5, 0.6) is 0 Å². The van der Waals surface area contributed by atoms with Crippen LogP contribution in [0.25, 0.3) is 0 Å². The van der Waals surface area contributed by atoms with Gasteiger partial charge in [-0.05, 0) is 27.7 Å². The van der Waals surface area contributed by atoms with Gasteiger partial charge in [0.15, 0.2) is 11.3 Å². The quantitative estimate of drug-likeness (QED) is 0.569. The van der Waals surface area contributed by atoms with E-state index in [9.17, 15) is 26.3 Å². The average Bonchev–Trinajstić information content (AvgIpc) is 1.98. The molecule has 1 fully saturated rings. The Balaban J connectivity index is 3.43. The van der Waals surface area contributed by atoms with Crippen molar-refractivity contribution in [2.45, 2.75) is 62.7 Å². The molecule has 0 aromatic rings. The zero-order chi connectivity index (χ0) is 13.2. The minimum atomic E-state index is -4.74. The Labute approximate surface area is 90.0 Å². The molecule has 0 radical (unpaired) electrons. The lowest BCUT2D eigenvalue weighted by molar-refractivity contribution is -0.316. The van der Waals surface area contributed by atoms with Crippen molar-refractivity contribution < 1.29 is 26.3 Å². The summed E-state index contributed by atoms with van der Waals surface area (Å²) in [5, 5.41) is 0. The molecule has 4 atom stereocenters. The fraction of sp³-hybridized carbons (Fsp3) is 1.00. The van der Waals surface area contributed by atoms with Gasteiger partial charge in [-0.1, -0.05) is 0 Å². The van der Waals surface area contributed by atoms with E-state index in [1.807, 2.05) is 0 Å². The van der Waals surface area contributed by atoms with Gasteiger partial charge in [0, 0.05) is 6.42 Å². The summed E-state index contributed by atoms with van der Waals surface area (Å²) in [5.74, 6) is -4.74. The first-order valence-corrected chi connectivity index (χ1v) is 4.84. The Kier molecular flexibility index (Phi) is 2.45. The number of hydrogen-bond acceptors (Lipinski definition) is 0.